The standard InChI is InChI=1S/C19H19N3O5/c1-12(23)20-14-5-7-15(8-6-14)26-11-18-21-19(22-27-18)13-4-9-16(24-2)17(10-13)25-3/h4-10H,11H2,1-3H3,(H,20,23). The Hall–Kier alpha value is -3.55. The highest BCUT2D eigenvalue weighted by molar-refractivity contribution is 5.88. The van der Waals surface area contributed by atoms with Crippen LogP contribution in [0.1, 0.15) is 12.8 Å². The van der Waals surface area contributed by atoms with Crippen molar-refractivity contribution >= 4 is 11.6 Å². The van der Waals surface area contributed by atoms with E-state index in [-0.39, 0.29) is 12.5 Å². The molecule has 27 heavy (non-hydrogen) atoms. The molecule has 0 saturated heterocycles. The van der Waals surface area contributed by atoms with E-state index in [1.165, 1.54) is 6.92 Å². The maximum absolute atomic E-state index is 11.0. The maximum atomic E-state index is 11.0. The van der Waals surface area contributed by atoms with Gasteiger partial charge in [-0.05, 0) is 42.5 Å². The summed E-state index contributed by atoms with van der Waals surface area (Å²) in [6.07, 6.45) is 0. The molecule has 8 heteroatoms. The summed E-state index contributed by atoms with van der Waals surface area (Å²) in [6, 6.07) is 12.4. The van der Waals surface area contributed by atoms with Gasteiger partial charge in [-0.2, -0.15) is 4.98 Å². The van der Waals surface area contributed by atoms with E-state index in [4.69, 9.17) is 18.7 Å². The monoisotopic (exact) mass is 369 g/mol. The van der Waals surface area contributed by atoms with Gasteiger partial charge in [0.2, 0.25) is 11.7 Å². The molecule has 0 bridgehead atoms. The van der Waals surface area contributed by atoms with Crippen LogP contribution in [0.5, 0.6) is 17.2 Å². The molecule has 3 aromatic rings. The van der Waals surface area contributed by atoms with Gasteiger partial charge in [-0.25, -0.2) is 0 Å². The maximum Gasteiger partial charge on any atom is 0.264 e. The second-order valence-corrected chi connectivity index (χ2v) is 5.58. The highest BCUT2D eigenvalue weighted by atomic mass is 16.5. The van der Waals surface area contributed by atoms with Crippen LogP contribution in [0.3, 0.4) is 0 Å². The summed E-state index contributed by atoms with van der Waals surface area (Å²) >= 11 is 0. The van der Waals surface area contributed by atoms with Gasteiger partial charge in [0.05, 0.1) is 14.2 Å². The molecule has 0 fully saturated rings. The molecule has 0 spiro atoms. The van der Waals surface area contributed by atoms with E-state index >= 15 is 0 Å². The van der Waals surface area contributed by atoms with Crippen molar-refractivity contribution in [3.63, 3.8) is 0 Å². The molecule has 140 valence electrons. The first kappa shape index (κ1) is 18.2. The number of ether oxygens (including phenoxy) is 3. The molecular formula is C19H19N3O5. The Kier molecular flexibility index (Phi) is 5.55. The molecule has 0 radical (unpaired) electrons. The number of benzene rings is 2. The molecule has 1 N–H and O–H groups in total. The van der Waals surface area contributed by atoms with Crippen LogP contribution in [0.15, 0.2) is 47.0 Å². The van der Waals surface area contributed by atoms with Gasteiger partial charge in [-0.3, -0.25) is 4.79 Å². The molecular weight excluding hydrogens is 350 g/mol. The number of hydrogen-bond acceptors (Lipinski definition) is 7. The average molecular weight is 369 g/mol. The smallest absolute Gasteiger partial charge is 0.264 e. The Morgan fingerprint density at radius 2 is 1.81 bits per heavy atom. The lowest BCUT2D eigenvalue weighted by Crippen LogP contribution is -2.05. The fourth-order valence-corrected chi connectivity index (χ4v) is 2.39. The number of anilines is 1. The fourth-order valence-electron chi connectivity index (χ4n) is 2.39. The molecule has 1 aromatic heterocycles. The van der Waals surface area contributed by atoms with Crippen molar-refractivity contribution in [3.8, 4) is 28.6 Å². The number of aromatic nitrogens is 2. The van der Waals surface area contributed by atoms with Crippen molar-refractivity contribution in [1.29, 1.82) is 0 Å². The first-order valence-electron chi connectivity index (χ1n) is 8.14. The quantitative estimate of drug-likeness (QED) is 0.683. The minimum Gasteiger partial charge on any atom is -0.493 e. The second-order valence-electron chi connectivity index (χ2n) is 5.58. The van der Waals surface area contributed by atoms with E-state index in [0.29, 0.717) is 34.7 Å². The first-order chi connectivity index (χ1) is 13.1. The predicted molar refractivity (Wildman–Crippen MR) is 97.9 cm³/mol. The largest absolute Gasteiger partial charge is 0.493 e. The summed E-state index contributed by atoms with van der Waals surface area (Å²) in [5.41, 5.74) is 1.44. The van der Waals surface area contributed by atoms with Gasteiger partial charge in [-0.1, -0.05) is 5.16 Å². The minimum atomic E-state index is -0.128. The van der Waals surface area contributed by atoms with Crippen molar-refractivity contribution in [1.82, 2.24) is 10.1 Å². The van der Waals surface area contributed by atoms with Crippen molar-refractivity contribution < 1.29 is 23.5 Å². The van der Waals surface area contributed by atoms with Crippen molar-refractivity contribution in [2.24, 2.45) is 0 Å². The van der Waals surface area contributed by atoms with E-state index in [1.807, 2.05) is 6.07 Å². The zero-order valence-electron chi connectivity index (χ0n) is 15.2. The summed E-state index contributed by atoms with van der Waals surface area (Å²) in [4.78, 5) is 15.3. The molecule has 1 amide bonds. The first-order valence-corrected chi connectivity index (χ1v) is 8.14. The Bertz CT molecular complexity index is 921. The van der Waals surface area contributed by atoms with Crippen LogP contribution in [0, 0.1) is 0 Å². The highest BCUT2D eigenvalue weighted by Crippen LogP contribution is 2.31. The summed E-state index contributed by atoms with van der Waals surface area (Å²) in [6.45, 7) is 1.58. The number of nitrogens with zero attached hydrogens (tertiary/aromatic N) is 2. The Morgan fingerprint density at radius 3 is 2.48 bits per heavy atom. The molecule has 3 rings (SSSR count). The number of amides is 1. The Labute approximate surface area is 156 Å². The number of rotatable bonds is 7. The van der Waals surface area contributed by atoms with Gasteiger partial charge in [-0.15, -0.1) is 0 Å². The van der Waals surface area contributed by atoms with E-state index in [1.54, 1.807) is 50.6 Å². The topological polar surface area (TPSA) is 95.7 Å². The molecule has 2 aromatic carbocycles. The van der Waals surface area contributed by atoms with Crippen LogP contribution in [0.25, 0.3) is 11.4 Å². The van der Waals surface area contributed by atoms with E-state index in [2.05, 4.69) is 15.5 Å². The van der Waals surface area contributed by atoms with Crippen molar-refractivity contribution in [3.05, 3.63) is 48.4 Å². The molecule has 0 unspecified atom stereocenters. The van der Waals surface area contributed by atoms with Gasteiger partial charge in [0, 0.05) is 18.2 Å². The van der Waals surface area contributed by atoms with Crippen LogP contribution in [-0.2, 0) is 11.4 Å². The highest BCUT2D eigenvalue weighted by Gasteiger charge is 2.12. The zero-order chi connectivity index (χ0) is 19.2. The van der Waals surface area contributed by atoms with Crippen LogP contribution in [-0.4, -0.2) is 30.3 Å². The Morgan fingerprint density at radius 1 is 1.07 bits per heavy atom. The van der Waals surface area contributed by atoms with Gasteiger partial charge >= 0.3 is 0 Å². The summed E-state index contributed by atoms with van der Waals surface area (Å²) in [5, 5.41) is 6.66. The Balaban J connectivity index is 1.65. The van der Waals surface area contributed by atoms with Crippen LogP contribution in [0.2, 0.25) is 0 Å². The van der Waals surface area contributed by atoms with Crippen LogP contribution >= 0.6 is 0 Å². The number of methoxy groups -OCH3 is 2. The van der Waals surface area contributed by atoms with Gasteiger partial charge in [0.1, 0.15) is 5.75 Å². The third-order valence-electron chi connectivity index (χ3n) is 3.65. The molecule has 0 atom stereocenters. The molecule has 8 nitrogen and oxygen atoms in total. The normalized spacial score (nSPS) is 10.3. The molecule has 0 aliphatic rings. The minimum absolute atomic E-state index is 0.125. The summed E-state index contributed by atoms with van der Waals surface area (Å²) in [5.74, 6) is 2.46. The molecule has 0 aliphatic carbocycles. The SMILES string of the molecule is COc1ccc(-c2noc(COc3ccc(NC(C)=O)cc3)n2)cc1OC. The lowest BCUT2D eigenvalue weighted by Gasteiger charge is -2.07. The van der Waals surface area contributed by atoms with E-state index in [0.717, 1.165) is 5.56 Å². The third kappa shape index (κ3) is 4.55. The second kappa shape index (κ2) is 8.22. The number of hydrogen-bond donors (Lipinski definition) is 1. The average Bonchev–Trinajstić information content (AvgIpc) is 3.15. The molecule has 0 saturated carbocycles. The van der Waals surface area contributed by atoms with Crippen molar-refractivity contribution in [2.45, 2.75) is 13.5 Å². The summed E-state index contributed by atoms with van der Waals surface area (Å²) < 4.78 is 21.4. The lowest BCUT2D eigenvalue weighted by atomic mass is 10.2. The fraction of sp³-hybridized carbons (Fsp3) is 0.211. The number of carbonyl (C=O) groups excluding carboxylic acids is 1. The van der Waals surface area contributed by atoms with Crippen LogP contribution in [0.4, 0.5) is 5.69 Å². The van der Waals surface area contributed by atoms with Gasteiger partial charge in [0.25, 0.3) is 5.89 Å². The predicted octanol–water partition coefficient (Wildman–Crippen LogP) is 3.29. The van der Waals surface area contributed by atoms with E-state index in [9.17, 15) is 4.79 Å². The summed E-state index contributed by atoms with van der Waals surface area (Å²) in [7, 11) is 3.14. The zero-order valence-corrected chi connectivity index (χ0v) is 15.2. The van der Waals surface area contributed by atoms with Crippen LogP contribution < -0.4 is 19.5 Å². The van der Waals surface area contributed by atoms with E-state index < -0.39 is 0 Å². The third-order valence-corrected chi connectivity index (χ3v) is 3.65. The number of carbonyl (C=O) groups is 1. The van der Waals surface area contributed by atoms with Crippen molar-refractivity contribution in [2.75, 3.05) is 19.5 Å². The lowest BCUT2D eigenvalue weighted by molar-refractivity contribution is -0.114. The van der Waals surface area contributed by atoms with Gasteiger partial charge in [0.15, 0.2) is 18.1 Å². The molecule has 1 heterocycles. The van der Waals surface area contributed by atoms with Gasteiger partial charge < -0.3 is 24.1 Å². The number of nitrogens with one attached hydrogen (secondary N) is 1. The molecule has 0 aliphatic heterocycles.